The third-order valence-electron chi connectivity index (χ3n) is 5.68. The average Bonchev–Trinajstić information content (AvgIpc) is 2.79. The maximum atomic E-state index is 10.6. The van der Waals surface area contributed by atoms with Crippen molar-refractivity contribution >= 4 is 0 Å². The predicted molar refractivity (Wildman–Crippen MR) is 117 cm³/mol. The lowest BCUT2D eigenvalue weighted by atomic mass is 10.0. The van der Waals surface area contributed by atoms with E-state index >= 15 is 0 Å². The summed E-state index contributed by atoms with van der Waals surface area (Å²) in [7, 11) is 1.62. The number of aliphatic hydroxyl groups is 4. The summed E-state index contributed by atoms with van der Waals surface area (Å²) in [5, 5.41) is 41.6. The summed E-state index contributed by atoms with van der Waals surface area (Å²) in [6, 6.07) is 15.4. The highest BCUT2D eigenvalue weighted by atomic mass is 16.5. The second-order valence-corrected chi connectivity index (χ2v) is 8.08. The first-order valence-corrected chi connectivity index (χ1v) is 10.8. The molecule has 0 fully saturated rings. The fourth-order valence-corrected chi connectivity index (χ4v) is 3.87. The van der Waals surface area contributed by atoms with Crippen molar-refractivity contribution < 1.29 is 29.9 Å². The molecule has 2 aromatic rings. The number of nitrogens with zero attached hydrogens (tertiary/aromatic N) is 1. The molecule has 0 unspecified atom stereocenters. The lowest BCUT2D eigenvalue weighted by Crippen LogP contribution is -2.50. The van der Waals surface area contributed by atoms with Gasteiger partial charge in [0.05, 0.1) is 13.2 Å². The Hall–Kier alpha value is -2.16. The van der Waals surface area contributed by atoms with E-state index in [2.05, 4.69) is 4.90 Å². The molecule has 1 aliphatic heterocycles. The minimum absolute atomic E-state index is 0.166. The summed E-state index contributed by atoms with van der Waals surface area (Å²) >= 11 is 0. The second-order valence-electron chi connectivity index (χ2n) is 8.08. The quantitative estimate of drug-likeness (QED) is 0.582. The Bertz CT molecular complexity index is 816. The van der Waals surface area contributed by atoms with E-state index in [1.165, 1.54) is 0 Å². The van der Waals surface area contributed by atoms with E-state index < -0.39 is 24.4 Å². The Morgan fingerprint density at radius 3 is 2.55 bits per heavy atom. The molecule has 1 aliphatic rings. The van der Waals surface area contributed by atoms with Gasteiger partial charge in [-0.2, -0.15) is 0 Å². The molecule has 7 nitrogen and oxygen atoms in total. The van der Waals surface area contributed by atoms with E-state index in [1.807, 2.05) is 48.5 Å². The van der Waals surface area contributed by atoms with Crippen LogP contribution in [0.15, 0.2) is 48.5 Å². The van der Waals surface area contributed by atoms with Gasteiger partial charge in [-0.05, 0) is 55.1 Å². The van der Waals surface area contributed by atoms with E-state index in [0.717, 1.165) is 36.1 Å². The molecule has 0 saturated carbocycles. The topological polar surface area (TPSA) is 103 Å². The molecular weight excluding hydrogens is 398 g/mol. The SMILES string of the molecule is COc1cccc(CN2CCCCc3ccccc3OC[C@@H](O)[C@@H](O)[C@H](O)[C@@H](O)C2)c1. The first kappa shape index (κ1) is 23.5. The summed E-state index contributed by atoms with van der Waals surface area (Å²) < 4.78 is 11.0. The molecular formula is C24H33NO6. The molecule has 2 aromatic carbocycles. The average molecular weight is 432 g/mol. The van der Waals surface area contributed by atoms with Crippen LogP contribution in [0, 0.1) is 0 Å². The van der Waals surface area contributed by atoms with Crippen LogP contribution in [0.25, 0.3) is 0 Å². The second kappa shape index (κ2) is 11.5. The number of ether oxygens (including phenoxy) is 2. The minimum atomic E-state index is -1.52. The lowest BCUT2D eigenvalue weighted by molar-refractivity contribution is -0.118. The molecule has 0 radical (unpaired) electrons. The van der Waals surface area contributed by atoms with Gasteiger partial charge in [-0.15, -0.1) is 0 Å². The Morgan fingerprint density at radius 2 is 1.74 bits per heavy atom. The molecule has 0 amide bonds. The molecule has 0 saturated heterocycles. The Morgan fingerprint density at radius 1 is 0.968 bits per heavy atom. The maximum Gasteiger partial charge on any atom is 0.122 e. The Labute approximate surface area is 183 Å². The van der Waals surface area contributed by atoms with E-state index in [1.54, 1.807) is 7.11 Å². The highest BCUT2D eigenvalue weighted by Gasteiger charge is 2.32. The normalized spacial score (nSPS) is 26.4. The van der Waals surface area contributed by atoms with Gasteiger partial charge >= 0.3 is 0 Å². The van der Waals surface area contributed by atoms with E-state index in [4.69, 9.17) is 9.47 Å². The number of rotatable bonds is 3. The molecule has 0 bridgehead atoms. The van der Waals surface area contributed by atoms with Crippen LogP contribution in [0.5, 0.6) is 11.5 Å². The van der Waals surface area contributed by atoms with Crippen LogP contribution in [-0.2, 0) is 13.0 Å². The molecule has 0 spiro atoms. The number of aryl methyl sites for hydroxylation is 1. The van der Waals surface area contributed by atoms with Gasteiger partial charge in [0.25, 0.3) is 0 Å². The van der Waals surface area contributed by atoms with E-state index in [9.17, 15) is 20.4 Å². The lowest BCUT2D eigenvalue weighted by Gasteiger charge is -2.31. The van der Waals surface area contributed by atoms with Crippen LogP contribution in [0.2, 0.25) is 0 Å². The molecule has 170 valence electrons. The first-order valence-electron chi connectivity index (χ1n) is 10.8. The molecule has 7 heteroatoms. The van der Waals surface area contributed by atoms with E-state index in [-0.39, 0.29) is 13.2 Å². The largest absolute Gasteiger partial charge is 0.497 e. The number of hydrogen-bond acceptors (Lipinski definition) is 7. The number of aliphatic hydroxyl groups excluding tert-OH is 4. The summed E-state index contributed by atoms with van der Waals surface area (Å²) in [5.41, 5.74) is 2.07. The zero-order valence-corrected chi connectivity index (χ0v) is 17.9. The van der Waals surface area contributed by atoms with Crippen molar-refractivity contribution in [2.24, 2.45) is 0 Å². The van der Waals surface area contributed by atoms with Gasteiger partial charge in [0.15, 0.2) is 0 Å². The summed E-state index contributed by atoms with van der Waals surface area (Å²) in [4.78, 5) is 2.05. The van der Waals surface area contributed by atoms with Gasteiger partial charge in [0, 0.05) is 13.1 Å². The molecule has 1 heterocycles. The maximum absolute atomic E-state index is 10.6. The van der Waals surface area contributed by atoms with Crippen LogP contribution < -0.4 is 9.47 Å². The van der Waals surface area contributed by atoms with Gasteiger partial charge in [0.1, 0.15) is 36.4 Å². The number of para-hydroxylation sites is 1. The standard InChI is InChI=1S/C24H33NO6/c1-30-19-10-6-7-17(13-19)14-25-12-5-4-9-18-8-2-3-11-22(18)31-16-21(27)24(29)23(28)20(26)15-25/h2-3,6-8,10-11,13,20-21,23-24,26-29H,4-5,9,12,14-16H2,1H3/t20-,21+,23+,24+/m0/s1. The zero-order chi connectivity index (χ0) is 22.2. The molecule has 4 N–H and O–H groups in total. The fourth-order valence-electron chi connectivity index (χ4n) is 3.87. The van der Waals surface area contributed by atoms with Crippen molar-refractivity contribution in [3.8, 4) is 11.5 Å². The monoisotopic (exact) mass is 431 g/mol. The molecule has 31 heavy (non-hydrogen) atoms. The van der Waals surface area contributed by atoms with Crippen LogP contribution in [-0.4, -0.2) is 76.5 Å². The smallest absolute Gasteiger partial charge is 0.122 e. The van der Waals surface area contributed by atoms with Crippen molar-refractivity contribution in [3.63, 3.8) is 0 Å². The van der Waals surface area contributed by atoms with Crippen molar-refractivity contribution in [3.05, 3.63) is 59.7 Å². The van der Waals surface area contributed by atoms with Crippen molar-refractivity contribution in [1.82, 2.24) is 4.90 Å². The highest BCUT2D eigenvalue weighted by molar-refractivity contribution is 5.33. The van der Waals surface area contributed by atoms with Crippen LogP contribution in [0.4, 0.5) is 0 Å². The highest BCUT2D eigenvalue weighted by Crippen LogP contribution is 2.22. The van der Waals surface area contributed by atoms with Crippen LogP contribution in [0.1, 0.15) is 24.0 Å². The molecule has 0 aliphatic carbocycles. The first-order chi connectivity index (χ1) is 15.0. The number of methoxy groups -OCH3 is 1. The number of fused-ring (bicyclic) bond motifs is 1. The zero-order valence-electron chi connectivity index (χ0n) is 17.9. The van der Waals surface area contributed by atoms with Gasteiger partial charge in [-0.25, -0.2) is 0 Å². The van der Waals surface area contributed by atoms with Crippen molar-refractivity contribution in [2.75, 3.05) is 26.8 Å². The Kier molecular flexibility index (Phi) is 8.69. The van der Waals surface area contributed by atoms with E-state index in [0.29, 0.717) is 18.8 Å². The van der Waals surface area contributed by atoms with Gasteiger partial charge in [-0.1, -0.05) is 30.3 Å². The summed E-state index contributed by atoms with van der Waals surface area (Å²) in [6.07, 6.45) is -2.91. The summed E-state index contributed by atoms with van der Waals surface area (Å²) in [5.74, 6) is 1.42. The van der Waals surface area contributed by atoms with Crippen LogP contribution >= 0.6 is 0 Å². The molecule has 4 atom stereocenters. The van der Waals surface area contributed by atoms with Gasteiger partial charge in [0.2, 0.25) is 0 Å². The third kappa shape index (κ3) is 6.66. The number of benzene rings is 2. The van der Waals surface area contributed by atoms with Crippen LogP contribution in [0.3, 0.4) is 0 Å². The van der Waals surface area contributed by atoms with Gasteiger partial charge < -0.3 is 29.9 Å². The van der Waals surface area contributed by atoms with Crippen molar-refractivity contribution in [1.29, 1.82) is 0 Å². The molecule has 0 aromatic heterocycles. The van der Waals surface area contributed by atoms with Crippen molar-refractivity contribution in [2.45, 2.75) is 50.2 Å². The number of hydrogen-bond donors (Lipinski definition) is 4. The summed E-state index contributed by atoms with van der Waals surface area (Å²) in [6.45, 7) is 1.27. The van der Waals surface area contributed by atoms with Gasteiger partial charge in [-0.3, -0.25) is 4.90 Å². The predicted octanol–water partition coefficient (Wildman–Crippen LogP) is 1.36. The number of β-amino-alcohol motifs (C(OH)–C–C–N with tert-alkyl or cyclic N) is 1. The fraction of sp³-hybridized carbons (Fsp3) is 0.500. The Balaban J connectivity index is 1.77. The minimum Gasteiger partial charge on any atom is -0.497 e. The third-order valence-corrected chi connectivity index (χ3v) is 5.68. The molecule has 3 rings (SSSR count).